The Kier molecular flexibility index (Phi) is 3.31. The Morgan fingerprint density at radius 2 is 1.73 bits per heavy atom. The molecule has 0 spiro atoms. The monoisotopic (exact) mass is 258 g/mol. The lowest BCUT2D eigenvalue weighted by Crippen LogP contribution is -2.10. The molecule has 0 unspecified atom stereocenters. The molecular formula is C9H4Cl2F4. The molecule has 0 radical (unpaired) electrons. The first kappa shape index (κ1) is 12.3. The second-order valence-electron chi connectivity index (χ2n) is 2.69. The Morgan fingerprint density at radius 1 is 1.20 bits per heavy atom. The van der Waals surface area contributed by atoms with Crippen LogP contribution in [0.5, 0.6) is 0 Å². The number of benzene rings is 1. The summed E-state index contributed by atoms with van der Waals surface area (Å²) in [5, 5.41) is -0.964. The highest BCUT2D eigenvalue weighted by Gasteiger charge is 2.35. The summed E-state index contributed by atoms with van der Waals surface area (Å²) < 4.78 is 49.8. The Bertz CT molecular complexity index is 409. The van der Waals surface area contributed by atoms with Crippen LogP contribution < -0.4 is 0 Å². The van der Waals surface area contributed by atoms with Crippen molar-refractivity contribution in [1.29, 1.82) is 0 Å². The molecule has 0 amide bonds. The van der Waals surface area contributed by atoms with Crippen molar-refractivity contribution in [2.24, 2.45) is 0 Å². The number of hydrogen-bond donors (Lipinski definition) is 0. The van der Waals surface area contributed by atoms with Crippen molar-refractivity contribution in [2.45, 2.75) is 6.18 Å². The fourth-order valence-corrected chi connectivity index (χ4v) is 1.54. The lowest BCUT2D eigenvalue weighted by Gasteiger charge is -2.13. The maximum atomic E-state index is 12.9. The average molecular weight is 259 g/mol. The molecule has 0 saturated carbocycles. The van der Waals surface area contributed by atoms with E-state index in [-0.39, 0.29) is 5.02 Å². The molecule has 1 rings (SSSR count). The van der Waals surface area contributed by atoms with Crippen LogP contribution in [0.4, 0.5) is 17.6 Å². The lowest BCUT2D eigenvalue weighted by molar-refractivity contribution is -0.0686. The van der Waals surface area contributed by atoms with Gasteiger partial charge >= 0.3 is 6.18 Å². The van der Waals surface area contributed by atoms with Gasteiger partial charge in [-0.25, -0.2) is 4.39 Å². The predicted octanol–water partition coefficient (Wildman–Crippen LogP) is 4.71. The highest BCUT2D eigenvalue weighted by Crippen LogP contribution is 2.40. The van der Waals surface area contributed by atoms with Gasteiger partial charge in [-0.05, 0) is 12.1 Å². The molecule has 0 fully saturated rings. The van der Waals surface area contributed by atoms with Crippen LogP contribution in [-0.4, -0.2) is 6.18 Å². The molecule has 0 aliphatic carbocycles. The summed E-state index contributed by atoms with van der Waals surface area (Å²) in [6, 6.07) is 1.88. The summed E-state index contributed by atoms with van der Waals surface area (Å²) in [6.45, 7) is 2.80. The van der Waals surface area contributed by atoms with Gasteiger partial charge in [-0.15, -0.1) is 0 Å². The molecule has 0 heterocycles. The van der Waals surface area contributed by atoms with E-state index in [9.17, 15) is 17.6 Å². The van der Waals surface area contributed by atoms with E-state index in [1.165, 1.54) is 0 Å². The third-order valence-electron chi connectivity index (χ3n) is 1.69. The van der Waals surface area contributed by atoms with Crippen molar-refractivity contribution in [2.75, 3.05) is 0 Å². The second kappa shape index (κ2) is 4.02. The Labute approximate surface area is 93.1 Å². The number of allylic oxidation sites excluding steroid dienone is 1. The number of hydrogen-bond acceptors (Lipinski definition) is 0. The number of rotatable bonds is 1. The van der Waals surface area contributed by atoms with Crippen molar-refractivity contribution in [3.05, 3.63) is 40.1 Å². The minimum absolute atomic E-state index is 0.288. The van der Waals surface area contributed by atoms with Gasteiger partial charge in [0.15, 0.2) is 0 Å². The van der Waals surface area contributed by atoms with Gasteiger partial charge in [0.25, 0.3) is 0 Å². The second-order valence-corrected chi connectivity index (χ2v) is 3.48. The minimum atomic E-state index is -4.69. The molecule has 0 aromatic heterocycles. The van der Waals surface area contributed by atoms with Crippen LogP contribution in [0.1, 0.15) is 5.56 Å². The van der Waals surface area contributed by atoms with E-state index in [0.29, 0.717) is 0 Å². The van der Waals surface area contributed by atoms with Crippen LogP contribution in [0.2, 0.25) is 10.0 Å². The summed E-state index contributed by atoms with van der Waals surface area (Å²) >= 11 is 10.9. The molecule has 0 saturated heterocycles. The summed E-state index contributed by atoms with van der Waals surface area (Å²) in [5.41, 5.74) is -1.89. The standard InChI is InChI=1S/C9H4Cl2F4/c1-4(9(13,14)15)7-5(10)2-3-6(12)8(7)11/h2-3H,1H2. The fourth-order valence-electron chi connectivity index (χ4n) is 0.945. The number of alkyl halides is 3. The molecule has 0 nitrogen and oxygen atoms in total. The highest BCUT2D eigenvalue weighted by molar-refractivity contribution is 6.37. The molecule has 1 aromatic rings. The Hall–Kier alpha value is -0.740. The van der Waals surface area contributed by atoms with E-state index in [0.717, 1.165) is 12.1 Å². The third kappa shape index (κ3) is 2.44. The van der Waals surface area contributed by atoms with E-state index in [1.54, 1.807) is 0 Å². The zero-order valence-corrected chi connectivity index (χ0v) is 8.64. The summed E-state index contributed by atoms with van der Waals surface area (Å²) in [5.74, 6) is -0.971. The fraction of sp³-hybridized carbons (Fsp3) is 0.111. The van der Waals surface area contributed by atoms with Gasteiger partial charge in [0.1, 0.15) is 5.82 Å². The van der Waals surface area contributed by atoms with Crippen molar-refractivity contribution in [1.82, 2.24) is 0 Å². The normalized spacial score (nSPS) is 11.6. The molecule has 6 heteroatoms. The molecule has 0 atom stereocenters. The van der Waals surface area contributed by atoms with Crippen LogP contribution in [0.15, 0.2) is 18.7 Å². The van der Waals surface area contributed by atoms with Gasteiger partial charge in [0.2, 0.25) is 0 Å². The van der Waals surface area contributed by atoms with Crippen molar-refractivity contribution < 1.29 is 17.6 Å². The first-order valence-electron chi connectivity index (χ1n) is 3.65. The zero-order chi connectivity index (χ0) is 11.8. The first-order chi connectivity index (χ1) is 6.75. The molecule has 82 valence electrons. The van der Waals surface area contributed by atoms with Crippen molar-refractivity contribution in [3.63, 3.8) is 0 Å². The smallest absolute Gasteiger partial charge is 0.205 e. The molecule has 15 heavy (non-hydrogen) atoms. The first-order valence-corrected chi connectivity index (χ1v) is 4.40. The van der Waals surface area contributed by atoms with Gasteiger partial charge in [0, 0.05) is 5.56 Å². The van der Waals surface area contributed by atoms with E-state index in [2.05, 4.69) is 6.58 Å². The summed E-state index contributed by atoms with van der Waals surface area (Å²) in [6.07, 6.45) is -4.69. The van der Waals surface area contributed by atoms with Crippen LogP contribution >= 0.6 is 23.2 Å². The largest absolute Gasteiger partial charge is 0.416 e. The molecule has 0 N–H and O–H groups in total. The van der Waals surface area contributed by atoms with Crippen LogP contribution in [0.3, 0.4) is 0 Å². The maximum absolute atomic E-state index is 12.9. The topological polar surface area (TPSA) is 0 Å². The van der Waals surface area contributed by atoms with Crippen molar-refractivity contribution in [3.8, 4) is 0 Å². The van der Waals surface area contributed by atoms with E-state index < -0.39 is 28.2 Å². The van der Waals surface area contributed by atoms with Gasteiger partial charge in [-0.2, -0.15) is 13.2 Å². The summed E-state index contributed by atoms with van der Waals surface area (Å²) in [4.78, 5) is 0. The Balaban J connectivity index is 3.38. The van der Waals surface area contributed by atoms with E-state index >= 15 is 0 Å². The molecule has 1 aromatic carbocycles. The van der Waals surface area contributed by atoms with Gasteiger partial charge in [0.05, 0.1) is 15.6 Å². The minimum Gasteiger partial charge on any atom is -0.205 e. The molecule has 0 aliphatic rings. The van der Waals surface area contributed by atoms with Crippen molar-refractivity contribution >= 4 is 28.8 Å². The highest BCUT2D eigenvalue weighted by atomic mass is 35.5. The zero-order valence-electron chi connectivity index (χ0n) is 7.13. The molecule has 0 aliphatic heterocycles. The van der Waals surface area contributed by atoms with E-state index in [4.69, 9.17) is 23.2 Å². The maximum Gasteiger partial charge on any atom is 0.416 e. The summed E-state index contributed by atoms with van der Waals surface area (Å²) in [7, 11) is 0. The molecule has 0 bridgehead atoms. The SMILES string of the molecule is C=C(c1c(Cl)ccc(F)c1Cl)C(F)(F)F. The van der Waals surface area contributed by atoms with Gasteiger partial charge < -0.3 is 0 Å². The van der Waals surface area contributed by atoms with Crippen LogP contribution in [-0.2, 0) is 0 Å². The average Bonchev–Trinajstić information content (AvgIpc) is 2.10. The molecular weight excluding hydrogens is 255 g/mol. The quantitative estimate of drug-likeness (QED) is 0.506. The van der Waals surface area contributed by atoms with Gasteiger partial charge in [-0.1, -0.05) is 29.8 Å². The van der Waals surface area contributed by atoms with Crippen LogP contribution in [0, 0.1) is 5.82 Å². The third-order valence-corrected chi connectivity index (χ3v) is 2.37. The number of halogens is 6. The van der Waals surface area contributed by atoms with Gasteiger partial charge in [-0.3, -0.25) is 0 Å². The van der Waals surface area contributed by atoms with E-state index in [1.807, 2.05) is 0 Å². The predicted molar refractivity (Wildman–Crippen MR) is 51.5 cm³/mol. The lowest BCUT2D eigenvalue weighted by atomic mass is 10.1. The Morgan fingerprint density at radius 3 is 2.20 bits per heavy atom. The van der Waals surface area contributed by atoms with Crippen LogP contribution in [0.25, 0.3) is 5.57 Å².